The second-order valence-electron chi connectivity index (χ2n) is 9.64. The highest BCUT2D eigenvalue weighted by atomic mass is 16.5. The standard InChI is InChI=1S/C28H28N4O5/c1-17-31-32-26(35-17)18-4-13-25(29-16-18)37-23-11-7-20(8-12-23)28(2,3)19-5-9-22(10-6-19)36-24-14-21(15-24)30-27(33)34/h4-13,16,21,24,30H,14-15H2,1-3H3,(H,33,34)/t21-,24-. The normalized spacial score (nSPS) is 17.1. The van der Waals surface area contributed by atoms with Crippen LogP contribution in [0.25, 0.3) is 11.5 Å². The second kappa shape index (κ2) is 9.93. The summed E-state index contributed by atoms with van der Waals surface area (Å²) in [4.78, 5) is 15.0. The quantitative estimate of drug-likeness (QED) is 0.314. The Kier molecular flexibility index (Phi) is 6.52. The molecule has 2 heterocycles. The molecule has 0 spiro atoms. The van der Waals surface area contributed by atoms with E-state index in [0.717, 1.165) is 22.4 Å². The zero-order valence-electron chi connectivity index (χ0n) is 20.8. The molecule has 0 unspecified atom stereocenters. The van der Waals surface area contributed by atoms with E-state index in [9.17, 15) is 4.79 Å². The summed E-state index contributed by atoms with van der Waals surface area (Å²) >= 11 is 0. The van der Waals surface area contributed by atoms with E-state index in [1.165, 1.54) is 0 Å². The van der Waals surface area contributed by atoms with E-state index in [-0.39, 0.29) is 17.6 Å². The molecule has 2 aromatic heterocycles. The summed E-state index contributed by atoms with van der Waals surface area (Å²) in [5.74, 6) is 2.87. The van der Waals surface area contributed by atoms with Crippen LogP contribution in [-0.4, -0.2) is 38.5 Å². The first-order valence-electron chi connectivity index (χ1n) is 12.1. The third-order valence-electron chi connectivity index (χ3n) is 6.61. The lowest BCUT2D eigenvalue weighted by atomic mass is 9.78. The van der Waals surface area contributed by atoms with Gasteiger partial charge in [-0.15, -0.1) is 10.2 Å². The molecule has 9 nitrogen and oxygen atoms in total. The van der Waals surface area contributed by atoms with Gasteiger partial charge in [0.15, 0.2) is 0 Å². The van der Waals surface area contributed by atoms with Crippen molar-refractivity contribution in [2.75, 3.05) is 0 Å². The Morgan fingerprint density at radius 1 is 0.973 bits per heavy atom. The predicted molar refractivity (Wildman–Crippen MR) is 136 cm³/mol. The number of nitrogens with zero attached hydrogens (tertiary/aromatic N) is 3. The van der Waals surface area contributed by atoms with Crippen molar-refractivity contribution < 1.29 is 23.8 Å². The Bertz CT molecular complexity index is 1360. The van der Waals surface area contributed by atoms with Gasteiger partial charge < -0.3 is 24.3 Å². The molecule has 1 fully saturated rings. The molecule has 2 N–H and O–H groups in total. The molecule has 9 heteroatoms. The Labute approximate surface area is 214 Å². The number of carboxylic acid groups (broad SMARTS) is 1. The molecule has 1 aliphatic carbocycles. The van der Waals surface area contributed by atoms with Gasteiger partial charge in [-0.1, -0.05) is 38.1 Å². The van der Waals surface area contributed by atoms with Gasteiger partial charge in [-0.05, 0) is 41.5 Å². The lowest BCUT2D eigenvalue weighted by Gasteiger charge is -2.35. The van der Waals surface area contributed by atoms with E-state index in [1.807, 2.05) is 30.3 Å². The summed E-state index contributed by atoms with van der Waals surface area (Å²) in [7, 11) is 0. The number of hydrogen-bond acceptors (Lipinski definition) is 7. The van der Waals surface area contributed by atoms with Gasteiger partial charge in [-0.25, -0.2) is 9.78 Å². The summed E-state index contributed by atoms with van der Waals surface area (Å²) in [6.45, 7) is 6.09. The summed E-state index contributed by atoms with van der Waals surface area (Å²) in [5.41, 5.74) is 2.80. The number of benzene rings is 2. The average molecular weight is 501 g/mol. The van der Waals surface area contributed by atoms with Crippen molar-refractivity contribution in [3.8, 4) is 28.8 Å². The topological polar surface area (TPSA) is 120 Å². The van der Waals surface area contributed by atoms with Crippen LogP contribution in [0, 0.1) is 6.92 Å². The molecule has 2 aromatic carbocycles. The van der Waals surface area contributed by atoms with Crippen LogP contribution in [-0.2, 0) is 5.41 Å². The van der Waals surface area contributed by atoms with E-state index >= 15 is 0 Å². The van der Waals surface area contributed by atoms with Crippen molar-refractivity contribution in [1.82, 2.24) is 20.5 Å². The molecule has 0 aliphatic heterocycles. The SMILES string of the molecule is Cc1nnc(-c2ccc(Oc3ccc(C(C)(C)c4ccc(O[C@H]5C[C@H](NC(=O)O)C5)cc4)cc3)nc2)o1. The average Bonchev–Trinajstić information content (AvgIpc) is 3.30. The number of aryl methyl sites for hydroxylation is 1. The zero-order valence-corrected chi connectivity index (χ0v) is 20.8. The maximum Gasteiger partial charge on any atom is 0.404 e. The van der Waals surface area contributed by atoms with E-state index in [4.69, 9.17) is 19.0 Å². The third kappa shape index (κ3) is 5.55. The highest BCUT2D eigenvalue weighted by molar-refractivity contribution is 5.65. The molecule has 1 saturated carbocycles. The number of rotatable bonds is 8. The van der Waals surface area contributed by atoms with Crippen LogP contribution in [0.5, 0.6) is 17.4 Å². The molecular formula is C28H28N4O5. The van der Waals surface area contributed by atoms with Crippen molar-refractivity contribution in [2.45, 2.75) is 51.2 Å². The maximum atomic E-state index is 10.7. The lowest BCUT2D eigenvalue weighted by Crippen LogP contribution is -2.48. The van der Waals surface area contributed by atoms with Gasteiger partial charge in [0.1, 0.15) is 17.6 Å². The van der Waals surface area contributed by atoms with Crippen molar-refractivity contribution in [2.24, 2.45) is 0 Å². The van der Waals surface area contributed by atoms with Crippen LogP contribution in [0.15, 0.2) is 71.3 Å². The third-order valence-corrected chi connectivity index (χ3v) is 6.61. The van der Waals surface area contributed by atoms with Gasteiger partial charge in [0.2, 0.25) is 17.7 Å². The molecule has 190 valence electrons. The van der Waals surface area contributed by atoms with Crippen LogP contribution >= 0.6 is 0 Å². The number of pyridine rings is 1. The Balaban J connectivity index is 1.19. The fraction of sp³-hybridized carbons (Fsp3) is 0.286. The van der Waals surface area contributed by atoms with E-state index in [2.05, 4.69) is 58.6 Å². The Morgan fingerprint density at radius 2 is 1.62 bits per heavy atom. The van der Waals surface area contributed by atoms with Gasteiger partial charge in [-0.3, -0.25) is 0 Å². The summed E-state index contributed by atoms with van der Waals surface area (Å²) < 4.78 is 17.3. The smallest absolute Gasteiger partial charge is 0.404 e. The van der Waals surface area contributed by atoms with Gasteiger partial charge in [-0.2, -0.15) is 0 Å². The van der Waals surface area contributed by atoms with Gasteiger partial charge in [0.25, 0.3) is 0 Å². The molecule has 0 saturated heterocycles. The van der Waals surface area contributed by atoms with E-state index < -0.39 is 6.09 Å². The molecule has 37 heavy (non-hydrogen) atoms. The van der Waals surface area contributed by atoms with Crippen LogP contribution in [0.1, 0.15) is 43.7 Å². The highest BCUT2D eigenvalue weighted by Crippen LogP contribution is 2.35. The molecule has 1 aliphatic rings. The van der Waals surface area contributed by atoms with Crippen molar-refractivity contribution in [3.05, 3.63) is 83.9 Å². The number of aromatic nitrogens is 3. The fourth-order valence-electron chi connectivity index (χ4n) is 4.30. The molecule has 1 amide bonds. The minimum atomic E-state index is -0.989. The number of nitrogens with one attached hydrogen (secondary N) is 1. The number of amides is 1. The number of ether oxygens (including phenoxy) is 2. The first-order valence-corrected chi connectivity index (χ1v) is 12.1. The Hall–Kier alpha value is -4.40. The molecule has 0 radical (unpaired) electrons. The monoisotopic (exact) mass is 500 g/mol. The van der Waals surface area contributed by atoms with Crippen molar-refractivity contribution >= 4 is 6.09 Å². The van der Waals surface area contributed by atoms with Crippen molar-refractivity contribution in [3.63, 3.8) is 0 Å². The first-order chi connectivity index (χ1) is 17.8. The number of hydrogen-bond donors (Lipinski definition) is 2. The zero-order chi connectivity index (χ0) is 26.0. The molecular weight excluding hydrogens is 472 g/mol. The van der Waals surface area contributed by atoms with Crippen LogP contribution in [0.3, 0.4) is 0 Å². The molecule has 0 atom stereocenters. The van der Waals surface area contributed by atoms with Crippen LogP contribution in [0.2, 0.25) is 0 Å². The van der Waals surface area contributed by atoms with E-state index in [1.54, 1.807) is 19.2 Å². The minimum absolute atomic E-state index is 0.0243. The van der Waals surface area contributed by atoms with Crippen molar-refractivity contribution in [1.29, 1.82) is 0 Å². The molecule has 0 bridgehead atoms. The molecule has 5 rings (SSSR count). The summed E-state index contributed by atoms with van der Waals surface area (Å²) in [5, 5.41) is 19.1. The Morgan fingerprint density at radius 3 is 2.16 bits per heavy atom. The lowest BCUT2D eigenvalue weighted by molar-refractivity contribution is 0.0833. The van der Waals surface area contributed by atoms with Gasteiger partial charge in [0, 0.05) is 43.5 Å². The minimum Gasteiger partial charge on any atom is -0.490 e. The summed E-state index contributed by atoms with van der Waals surface area (Å²) in [6.07, 6.45) is 2.07. The molecule has 4 aromatic rings. The fourth-order valence-corrected chi connectivity index (χ4v) is 4.30. The first kappa shape index (κ1) is 24.3. The van der Waals surface area contributed by atoms with Crippen LogP contribution in [0.4, 0.5) is 4.79 Å². The maximum absolute atomic E-state index is 10.7. The largest absolute Gasteiger partial charge is 0.490 e. The summed E-state index contributed by atoms with van der Waals surface area (Å²) in [6, 6.07) is 19.6. The predicted octanol–water partition coefficient (Wildman–Crippen LogP) is 5.74. The van der Waals surface area contributed by atoms with Gasteiger partial charge in [0.05, 0.1) is 5.56 Å². The number of carbonyl (C=O) groups is 1. The second-order valence-corrected chi connectivity index (χ2v) is 9.64. The van der Waals surface area contributed by atoms with E-state index in [0.29, 0.717) is 36.3 Å². The van der Waals surface area contributed by atoms with Gasteiger partial charge >= 0.3 is 6.09 Å². The highest BCUT2D eigenvalue weighted by Gasteiger charge is 2.32. The van der Waals surface area contributed by atoms with Crippen LogP contribution < -0.4 is 14.8 Å².